The summed E-state index contributed by atoms with van der Waals surface area (Å²) in [5.41, 5.74) is 8.63. The van der Waals surface area contributed by atoms with E-state index < -0.39 is 10.8 Å². The van der Waals surface area contributed by atoms with E-state index in [9.17, 15) is 15.4 Å². The van der Waals surface area contributed by atoms with E-state index in [0.29, 0.717) is 22.0 Å². The summed E-state index contributed by atoms with van der Waals surface area (Å²) in [7, 11) is 0. The van der Waals surface area contributed by atoms with E-state index in [1.165, 1.54) is 12.3 Å². The van der Waals surface area contributed by atoms with Crippen molar-refractivity contribution in [2.45, 2.75) is 5.92 Å². The van der Waals surface area contributed by atoms with Gasteiger partial charge in [-0.05, 0) is 23.8 Å². The molecule has 0 radical (unpaired) electrons. The third-order valence-corrected chi connectivity index (χ3v) is 5.25. The quantitative estimate of drug-likeness (QED) is 0.346. The maximum atomic E-state index is 11.2. The van der Waals surface area contributed by atoms with E-state index in [0.717, 1.165) is 11.1 Å². The monoisotopic (exact) mass is 430 g/mol. The number of halogens is 1. The van der Waals surface area contributed by atoms with Crippen LogP contribution in [0.4, 0.5) is 11.4 Å². The molecule has 0 fully saturated rings. The van der Waals surface area contributed by atoms with Crippen molar-refractivity contribution in [3.63, 3.8) is 0 Å². The van der Waals surface area contributed by atoms with Crippen molar-refractivity contribution in [2.24, 2.45) is 10.7 Å². The number of nitrogens with two attached hydrogens (primary N) is 1. The Balaban J connectivity index is 1.75. The minimum absolute atomic E-state index is 0.000235. The molecule has 4 rings (SSSR count). The predicted octanol–water partition coefficient (Wildman–Crippen LogP) is 5.22. The number of fused-ring (bicyclic) bond motifs is 1. The molecule has 0 amide bonds. The van der Waals surface area contributed by atoms with E-state index in [2.05, 4.69) is 11.1 Å². The second-order valence-corrected chi connectivity index (χ2v) is 7.15. The van der Waals surface area contributed by atoms with E-state index in [1.54, 1.807) is 42.5 Å². The van der Waals surface area contributed by atoms with Gasteiger partial charge in [0.25, 0.3) is 5.69 Å². The smallest absolute Gasteiger partial charge is 0.278 e. The predicted molar refractivity (Wildman–Crippen MR) is 118 cm³/mol. The van der Waals surface area contributed by atoms with Crippen LogP contribution in [0.25, 0.3) is 0 Å². The molecule has 3 aromatic carbocycles. The molecule has 0 bridgehead atoms. The van der Waals surface area contributed by atoms with Gasteiger partial charge in [-0.3, -0.25) is 15.1 Å². The lowest BCUT2D eigenvalue weighted by Gasteiger charge is -2.27. The zero-order valence-corrected chi connectivity index (χ0v) is 16.8. The number of ether oxygens (including phenoxy) is 1. The molecule has 3 aromatic rings. The Labute approximate surface area is 182 Å². The number of benzene rings is 3. The van der Waals surface area contributed by atoms with Crippen molar-refractivity contribution >= 4 is 29.2 Å². The van der Waals surface area contributed by atoms with E-state index >= 15 is 0 Å². The summed E-state index contributed by atoms with van der Waals surface area (Å²) in [5, 5.41) is 21.4. The van der Waals surface area contributed by atoms with Crippen molar-refractivity contribution in [2.75, 3.05) is 0 Å². The zero-order chi connectivity index (χ0) is 22.0. The minimum atomic E-state index is -0.476. The second-order valence-electron chi connectivity index (χ2n) is 6.74. The molecule has 0 saturated carbocycles. The highest BCUT2D eigenvalue weighted by molar-refractivity contribution is 6.31. The van der Waals surface area contributed by atoms with Crippen molar-refractivity contribution in [3.8, 4) is 11.8 Å². The number of nitrogens with zero attached hydrogens (tertiary/aromatic N) is 3. The van der Waals surface area contributed by atoms with E-state index in [4.69, 9.17) is 22.1 Å². The molecular formula is C23H15ClN4O3. The molecule has 0 saturated heterocycles. The number of rotatable bonds is 4. The summed E-state index contributed by atoms with van der Waals surface area (Å²) in [6, 6.07) is 20.9. The van der Waals surface area contributed by atoms with Crippen LogP contribution in [0.15, 0.2) is 83.2 Å². The number of para-hydroxylation sites is 1. The van der Waals surface area contributed by atoms with Crippen molar-refractivity contribution in [3.05, 3.63) is 110 Å². The Morgan fingerprint density at radius 1 is 1.13 bits per heavy atom. The van der Waals surface area contributed by atoms with Gasteiger partial charge in [0.1, 0.15) is 17.4 Å². The molecular weight excluding hydrogens is 416 g/mol. The van der Waals surface area contributed by atoms with E-state index in [1.807, 2.05) is 18.2 Å². The molecule has 1 heterocycles. The van der Waals surface area contributed by atoms with Crippen LogP contribution in [0.1, 0.15) is 22.6 Å². The first-order valence-electron chi connectivity index (χ1n) is 9.23. The number of nitro benzene ring substituents is 1. The molecule has 1 aliphatic rings. The van der Waals surface area contributed by atoms with Gasteiger partial charge < -0.3 is 10.5 Å². The Bertz CT molecular complexity index is 1290. The molecule has 152 valence electrons. The van der Waals surface area contributed by atoms with Crippen LogP contribution >= 0.6 is 11.6 Å². The van der Waals surface area contributed by atoms with Gasteiger partial charge in [-0.15, -0.1) is 0 Å². The Hall–Kier alpha value is -4.15. The molecule has 0 spiro atoms. The van der Waals surface area contributed by atoms with Crippen LogP contribution in [0.3, 0.4) is 0 Å². The molecule has 31 heavy (non-hydrogen) atoms. The third-order valence-electron chi connectivity index (χ3n) is 4.91. The molecule has 0 aromatic heterocycles. The highest BCUT2D eigenvalue weighted by Gasteiger charge is 2.31. The average molecular weight is 431 g/mol. The first kappa shape index (κ1) is 20.1. The number of hydrogen-bond acceptors (Lipinski definition) is 6. The zero-order valence-electron chi connectivity index (χ0n) is 16.0. The van der Waals surface area contributed by atoms with E-state index in [-0.39, 0.29) is 17.1 Å². The van der Waals surface area contributed by atoms with Crippen LogP contribution in [-0.2, 0) is 0 Å². The van der Waals surface area contributed by atoms with Gasteiger partial charge in [0, 0.05) is 28.9 Å². The average Bonchev–Trinajstić information content (AvgIpc) is 2.77. The lowest BCUT2D eigenvalue weighted by molar-refractivity contribution is -0.385. The van der Waals surface area contributed by atoms with Gasteiger partial charge >= 0.3 is 0 Å². The van der Waals surface area contributed by atoms with Crippen molar-refractivity contribution in [1.29, 1.82) is 5.26 Å². The molecule has 2 N–H and O–H groups in total. The van der Waals surface area contributed by atoms with Crippen LogP contribution in [-0.4, -0.2) is 11.1 Å². The fraction of sp³-hybridized carbons (Fsp3) is 0.0435. The Kier molecular flexibility index (Phi) is 5.39. The van der Waals surface area contributed by atoms with Crippen LogP contribution < -0.4 is 10.5 Å². The molecule has 1 atom stereocenters. The van der Waals surface area contributed by atoms with Gasteiger partial charge in [-0.2, -0.15) is 5.26 Å². The number of nitro groups is 1. The molecule has 8 heteroatoms. The summed E-state index contributed by atoms with van der Waals surface area (Å²) in [4.78, 5) is 15.1. The normalized spacial score (nSPS) is 15.3. The van der Waals surface area contributed by atoms with Crippen LogP contribution in [0.5, 0.6) is 5.75 Å². The van der Waals surface area contributed by atoms with Gasteiger partial charge in [-0.25, -0.2) is 0 Å². The summed E-state index contributed by atoms with van der Waals surface area (Å²) < 4.78 is 5.69. The van der Waals surface area contributed by atoms with Crippen LogP contribution in [0, 0.1) is 21.4 Å². The van der Waals surface area contributed by atoms with Gasteiger partial charge in [0.05, 0.1) is 22.1 Å². The highest BCUT2D eigenvalue weighted by atomic mass is 35.5. The standard InChI is InChI=1S/C23H15ClN4O3/c24-19-7-3-2-6-16(19)22-17-10-9-15(11-21(17)31-23(26)18(22)12-25)27-13-14-5-1-4-8-20(14)28(29)30/h1-11,13,22H,26H2/t22-/m0/s1. The second kappa shape index (κ2) is 8.30. The summed E-state index contributed by atoms with van der Waals surface area (Å²) in [6.45, 7) is 0. The largest absolute Gasteiger partial charge is 0.440 e. The van der Waals surface area contributed by atoms with Gasteiger partial charge in [0.2, 0.25) is 5.88 Å². The number of hydrogen-bond donors (Lipinski definition) is 1. The number of allylic oxidation sites excluding steroid dienone is 1. The Morgan fingerprint density at radius 3 is 2.61 bits per heavy atom. The lowest BCUT2D eigenvalue weighted by Crippen LogP contribution is -2.21. The first-order valence-corrected chi connectivity index (χ1v) is 9.61. The Morgan fingerprint density at radius 2 is 1.87 bits per heavy atom. The summed E-state index contributed by atoms with van der Waals surface area (Å²) >= 11 is 6.39. The fourth-order valence-corrected chi connectivity index (χ4v) is 3.71. The topological polar surface area (TPSA) is 115 Å². The minimum Gasteiger partial charge on any atom is -0.440 e. The summed E-state index contributed by atoms with van der Waals surface area (Å²) in [5.74, 6) is -0.0333. The maximum Gasteiger partial charge on any atom is 0.278 e. The molecule has 1 aliphatic heterocycles. The first-order chi connectivity index (χ1) is 15.0. The highest BCUT2D eigenvalue weighted by Crippen LogP contribution is 2.45. The third kappa shape index (κ3) is 3.84. The molecule has 7 nitrogen and oxygen atoms in total. The summed E-state index contributed by atoms with van der Waals surface area (Å²) in [6.07, 6.45) is 1.42. The number of aliphatic imine (C=N–C) groups is 1. The molecule has 0 unspecified atom stereocenters. The SMILES string of the molecule is N#CC1=C(N)Oc2cc(N=Cc3ccccc3[N+](=O)[O-])ccc2[C@@H]1c1ccccc1Cl. The van der Waals surface area contributed by atoms with Gasteiger partial charge in [-0.1, -0.05) is 48.0 Å². The maximum absolute atomic E-state index is 11.2. The van der Waals surface area contributed by atoms with Crippen molar-refractivity contribution < 1.29 is 9.66 Å². The fourth-order valence-electron chi connectivity index (χ4n) is 3.46. The van der Waals surface area contributed by atoms with Gasteiger partial charge in [0.15, 0.2) is 0 Å². The van der Waals surface area contributed by atoms with Crippen LogP contribution in [0.2, 0.25) is 5.02 Å². The molecule has 0 aliphatic carbocycles. The van der Waals surface area contributed by atoms with Crippen molar-refractivity contribution in [1.82, 2.24) is 0 Å². The lowest BCUT2D eigenvalue weighted by atomic mass is 9.83. The number of nitriles is 1.